The van der Waals surface area contributed by atoms with Crippen LogP contribution in [0.5, 0.6) is 5.75 Å². The summed E-state index contributed by atoms with van der Waals surface area (Å²) in [4.78, 5) is 32.0. The summed E-state index contributed by atoms with van der Waals surface area (Å²) in [5.74, 6) is 0.636. The minimum Gasteiger partial charge on any atom is -0.491 e. The number of hydrogen-bond acceptors (Lipinski definition) is 7. The fourth-order valence-corrected chi connectivity index (χ4v) is 4.96. The van der Waals surface area contributed by atoms with Gasteiger partial charge in [-0.15, -0.1) is 0 Å². The van der Waals surface area contributed by atoms with Gasteiger partial charge in [0.05, 0.1) is 30.2 Å². The van der Waals surface area contributed by atoms with E-state index in [4.69, 9.17) is 14.2 Å². The van der Waals surface area contributed by atoms with E-state index in [-0.39, 0.29) is 17.9 Å². The first-order valence-electron chi connectivity index (χ1n) is 13.5. The van der Waals surface area contributed by atoms with Gasteiger partial charge >= 0.3 is 6.09 Å². The van der Waals surface area contributed by atoms with Gasteiger partial charge in [-0.1, -0.05) is 6.07 Å². The van der Waals surface area contributed by atoms with Crippen molar-refractivity contribution in [2.24, 2.45) is 5.92 Å². The van der Waals surface area contributed by atoms with E-state index in [0.717, 1.165) is 23.7 Å². The summed E-state index contributed by atoms with van der Waals surface area (Å²) in [6, 6.07) is 9.34. The molecule has 0 spiro atoms. The lowest BCUT2D eigenvalue weighted by atomic mass is 9.98. The molecular weight excluding hydrogens is 512 g/mol. The zero-order valence-corrected chi connectivity index (χ0v) is 23.4. The fourth-order valence-electron chi connectivity index (χ4n) is 4.96. The Kier molecular flexibility index (Phi) is 7.92. The number of anilines is 1. The second kappa shape index (κ2) is 11.5. The van der Waals surface area contributed by atoms with Crippen LogP contribution in [-0.2, 0) is 16.0 Å². The number of nitrogens with zero attached hydrogens (tertiary/aromatic N) is 5. The molecule has 1 aromatic carbocycles. The number of imidazole rings is 1. The Morgan fingerprint density at radius 2 is 2.00 bits per heavy atom. The molecule has 1 atom stereocenters. The molecule has 0 saturated carbocycles. The highest BCUT2D eigenvalue weighted by molar-refractivity contribution is 6.08. The Bertz CT molecular complexity index is 1500. The molecule has 4 heterocycles. The summed E-state index contributed by atoms with van der Waals surface area (Å²) in [5.41, 5.74) is 2.09. The Balaban J connectivity index is 1.28. The molecule has 1 saturated heterocycles. The normalized spacial score (nSPS) is 15.9. The smallest absolute Gasteiger partial charge is 0.410 e. The van der Waals surface area contributed by atoms with Crippen LogP contribution in [-0.4, -0.2) is 75.1 Å². The summed E-state index contributed by atoms with van der Waals surface area (Å²) in [7, 11) is 1.62. The van der Waals surface area contributed by atoms with Gasteiger partial charge in [0.15, 0.2) is 0 Å². The topological polar surface area (TPSA) is 112 Å². The van der Waals surface area contributed by atoms with E-state index in [1.807, 2.05) is 43.7 Å². The Labute approximate surface area is 233 Å². The van der Waals surface area contributed by atoms with Gasteiger partial charge < -0.3 is 24.4 Å². The number of aromatic nitrogens is 4. The van der Waals surface area contributed by atoms with E-state index >= 15 is 0 Å². The molecule has 0 radical (unpaired) electrons. The molecule has 5 rings (SSSR count). The van der Waals surface area contributed by atoms with Crippen LogP contribution in [0.3, 0.4) is 0 Å². The molecule has 1 unspecified atom stereocenters. The number of benzene rings is 1. The minimum atomic E-state index is -0.520. The average molecular weight is 549 g/mol. The predicted molar refractivity (Wildman–Crippen MR) is 151 cm³/mol. The first-order valence-corrected chi connectivity index (χ1v) is 13.5. The zero-order chi connectivity index (χ0) is 28.3. The number of likely N-dealkylation sites (tertiary alicyclic amines) is 1. The quantitative estimate of drug-likeness (QED) is 0.320. The highest BCUT2D eigenvalue weighted by Gasteiger charge is 2.28. The van der Waals surface area contributed by atoms with E-state index in [1.54, 1.807) is 47.1 Å². The molecule has 2 amide bonds. The van der Waals surface area contributed by atoms with Crippen molar-refractivity contribution >= 4 is 34.2 Å². The van der Waals surface area contributed by atoms with Crippen molar-refractivity contribution in [1.82, 2.24) is 24.1 Å². The third-order valence-electron chi connectivity index (χ3n) is 6.81. The molecule has 0 aliphatic carbocycles. The second-order valence-corrected chi connectivity index (χ2v) is 11.0. The molecule has 3 aromatic heterocycles. The van der Waals surface area contributed by atoms with Gasteiger partial charge in [0.2, 0.25) is 0 Å². The number of methoxy groups -OCH3 is 1. The molecule has 0 bridgehead atoms. The molecular formula is C29H36N6O5. The predicted octanol–water partition coefficient (Wildman–Crippen LogP) is 4.61. The van der Waals surface area contributed by atoms with Gasteiger partial charge in [0, 0.05) is 44.4 Å². The molecule has 1 N–H and O–H groups in total. The zero-order valence-electron chi connectivity index (χ0n) is 23.4. The summed E-state index contributed by atoms with van der Waals surface area (Å²) in [5, 5.41) is 8.50. The van der Waals surface area contributed by atoms with Crippen LogP contribution in [0.1, 0.15) is 44.1 Å². The molecule has 4 aromatic rings. The maximum absolute atomic E-state index is 13.3. The summed E-state index contributed by atoms with van der Waals surface area (Å²) in [6.07, 6.45) is 6.75. The van der Waals surface area contributed by atoms with E-state index < -0.39 is 5.60 Å². The van der Waals surface area contributed by atoms with Crippen LogP contribution < -0.4 is 10.1 Å². The van der Waals surface area contributed by atoms with Gasteiger partial charge in [-0.2, -0.15) is 5.10 Å². The van der Waals surface area contributed by atoms with Gasteiger partial charge in [0.25, 0.3) is 5.91 Å². The van der Waals surface area contributed by atoms with E-state index in [1.165, 1.54) is 0 Å². The first-order chi connectivity index (χ1) is 19.2. The largest absolute Gasteiger partial charge is 0.491 e. The number of carbonyl (C=O) groups is 2. The monoisotopic (exact) mass is 548 g/mol. The minimum absolute atomic E-state index is 0.254. The Hall–Kier alpha value is -4.12. The van der Waals surface area contributed by atoms with Crippen molar-refractivity contribution in [3.05, 3.63) is 54.6 Å². The average Bonchev–Trinajstić information content (AvgIpc) is 3.53. The van der Waals surface area contributed by atoms with Crippen LogP contribution in [0, 0.1) is 5.92 Å². The van der Waals surface area contributed by atoms with Crippen molar-refractivity contribution in [2.75, 3.05) is 38.7 Å². The van der Waals surface area contributed by atoms with Crippen LogP contribution in [0.15, 0.2) is 48.9 Å². The number of nitrogens with one attached hydrogen (secondary N) is 1. The molecule has 1 aliphatic rings. The molecule has 1 aliphatic heterocycles. The Morgan fingerprint density at radius 1 is 1.15 bits per heavy atom. The third-order valence-corrected chi connectivity index (χ3v) is 6.81. The first kappa shape index (κ1) is 27.4. The third kappa shape index (κ3) is 6.20. The number of carbonyl (C=O) groups excluding carboxylic acids is 2. The lowest BCUT2D eigenvalue weighted by Gasteiger charge is -2.34. The van der Waals surface area contributed by atoms with Crippen LogP contribution in [0.4, 0.5) is 10.5 Å². The summed E-state index contributed by atoms with van der Waals surface area (Å²) in [6.45, 7) is 8.55. The number of ether oxygens (including phenoxy) is 3. The molecule has 11 heteroatoms. The van der Waals surface area contributed by atoms with E-state index in [9.17, 15) is 9.59 Å². The Morgan fingerprint density at radius 3 is 2.80 bits per heavy atom. The van der Waals surface area contributed by atoms with Gasteiger partial charge in [-0.3, -0.25) is 13.9 Å². The number of piperidine rings is 1. The lowest BCUT2D eigenvalue weighted by Crippen LogP contribution is -2.43. The van der Waals surface area contributed by atoms with Crippen molar-refractivity contribution in [3.8, 4) is 5.75 Å². The molecule has 40 heavy (non-hydrogen) atoms. The van der Waals surface area contributed by atoms with Crippen LogP contribution >= 0.6 is 0 Å². The highest BCUT2D eigenvalue weighted by Crippen LogP contribution is 2.27. The molecule has 11 nitrogen and oxygen atoms in total. The lowest BCUT2D eigenvalue weighted by molar-refractivity contribution is 0.0156. The van der Waals surface area contributed by atoms with Crippen molar-refractivity contribution in [1.29, 1.82) is 0 Å². The number of rotatable bonds is 8. The van der Waals surface area contributed by atoms with E-state index in [0.29, 0.717) is 55.6 Å². The van der Waals surface area contributed by atoms with Gasteiger partial charge in [-0.25, -0.2) is 9.78 Å². The van der Waals surface area contributed by atoms with Crippen molar-refractivity contribution < 1.29 is 23.8 Å². The standard InChI is InChI=1S/C29H36N6O5/c1-29(2,3)40-28(37)33-11-6-7-20(18-33)19-35-24-9-5-8-23(22(24)16-31-35)32-27(36)25-17-30-26-15-21(10-12-34(25)26)39-14-13-38-4/h5,8-10,12,15-17,20H,6-7,11,13-14,18-19H2,1-4H3,(H,32,36). The van der Waals surface area contributed by atoms with Crippen LogP contribution in [0.2, 0.25) is 0 Å². The molecule has 212 valence electrons. The SMILES string of the molecule is COCCOc1ccn2c(C(=O)Nc3cccc4c3cnn4CC3CCCN(C(=O)OC(C)(C)C)C3)cnc2c1. The number of amides is 2. The van der Waals surface area contributed by atoms with Gasteiger partial charge in [0.1, 0.15) is 29.3 Å². The van der Waals surface area contributed by atoms with Crippen molar-refractivity contribution in [2.45, 2.75) is 45.8 Å². The maximum atomic E-state index is 13.3. The van der Waals surface area contributed by atoms with Crippen LogP contribution in [0.25, 0.3) is 16.6 Å². The number of pyridine rings is 1. The van der Waals surface area contributed by atoms with Gasteiger partial charge in [-0.05, 0) is 57.7 Å². The maximum Gasteiger partial charge on any atom is 0.410 e. The van der Waals surface area contributed by atoms with E-state index in [2.05, 4.69) is 15.4 Å². The fraction of sp³-hybridized carbons (Fsp3) is 0.448. The highest BCUT2D eigenvalue weighted by atomic mass is 16.6. The molecule has 1 fully saturated rings. The number of fused-ring (bicyclic) bond motifs is 2. The van der Waals surface area contributed by atoms with Crippen molar-refractivity contribution in [3.63, 3.8) is 0 Å². The summed E-state index contributed by atoms with van der Waals surface area (Å²) >= 11 is 0. The number of hydrogen-bond donors (Lipinski definition) is 1. The second-order valence-electron chi connectivity index (χ2n) is 11.0. The summed E-state index contributed by atoms with van der Waals surface area (Å²) < 4.78 is 19.9.